The van der Waals surface area contributed by atoms with Crippen molar-refractivity contribution in [1.29, 1.82) is 0 Å². The maximum Gasteiger partial charge on any atom is 0.305 e. The van der Waals surface area contributed by atoms with E-state index in [1.165, 1.54) is 340 Å². The Balaban J connectivity index is 3.33. The highest BCUT2D eigenvalue weighted by atomic mass is 16.5. The first-order valence-electron chi connectivity index (χ1n) is 37.8. The van der Waals surface area contributed by atoms with Crippen molar-refractivity contribution >= 4 is 11.9 Å². The molecule has 6 nitrogen and oxygen atoms in total. The summed E-state index contributed by atoms with van der Waals surface area (Å²) in [5.41, 5.74) is 0. The van der Waals surface area contributed by atoms with Crippen molar-refractivity contribution in [3.63, 3.8) is 0 Å². The van der Waals surface area contributed by atoms with Gasteiger partial charge >= 0.3 is 5.97 Å². The topological polar surface area (TPSA) is 95.9 Å². The third-order valence-electron chi connectivity index (χ3n) is 17.7. The van der Waals surface area contributed by atoms with Crippen molar-refractivity contribution in [3.8, 4) is 0 Å². The molecule has 490 valence electrons. The fraction of sp³-hybridized carbons (Fsp3) is 0.896. The van der Waals surface area contributed by atoms with Gasteiger partial charge in [-0.25, -0.2) is 0 Å². The van der Waals surface area contributed by atoms with Crippen LogP contribution in [0.15, 0.2) is 36.5 Å². The molecular weight excluding hydrogens is 1020 g/mol. The lowest BCUT2D eigenvalue weighted by molar-refractivity contribution is -0.143. The standard InChI is InChI=1S/C77H147NO5/c1-3-5-7-9-11-13-15-17-19-38-43-47-51-55-59-63-67-71-77(82)83-72-68-64-60-56-52-48-44-40-37-35-33-31-29-27-25-23-21-22-24-26-28-30-32-34-36-39-42-46-50-54-58-62-66-70-76(81)78-74(73-79)75(80)69-65-61-57-53-49-45-41-20-18-16-14-12-10-8-6-4-2/h11,13,17,19,65,69,74-75,79-80H,3-10,12,14-16,18,20-64,66-68,70-73H2,1-2H3,(H,78,81)/b13-11-,19-17-,69-65+. The van der Waals surface area contributed by atoms with Crippen LogP contribution in [-0.2, 0) is 14.3 Å². The van der Waals surface area contributed by atoms with Crippen molar-refractivity contribution in [2.24, 2.45) is 0 Å². The Kier molecular flexibility index (Phi) is 70.9. The minimum Gasteiger partial charge on any atom is -0.466 e. The Morgan fingerprint density at radius 2 is 0.602 bits per heavy atom. The maximum atomic E-state index is 12.5. The van der Waals surface area contributed by atoms with Gasteiger partial charge in [-0.05, 0) is 64.2 Å². The van der Waals surface area contributed by atoms with E-state index in [0.29, 0.717) is 19.4 Å². The molecule has 0 aromatic heterocycles. The molecule has 0 rings (SSSR count). The first kappa shape index (κ1) is 81.1. The molecule has 2 atom stereocenters. The van der Waals surface area contributed by atoms with Gasteiger partial charge in [-0.2, -0.15) is 0 Å². The largest absolute Gasteiger partial charge is 0.466 e. The highest BCUT2D eigenvalue weighted by Crippen LogP contribution is 2.19. The summed E-state index contributed by atoms with van der Waals surface area (Å²) in [6, 6.07) is -0.624. The molecule has 0 fully saturated rings. The van der Waals surface area contributed by atoms with Crippen molar-refractivity contribution < 1.29 is 24.5 Å². The van der Waals surface area contributed by atoms with Crippen molar-refractivity contribution in [2.75, 3.05) is 13.2 Å². The zero-order valence-corrected chi connectivity index (χ0v) is 56.2. The Labute approximate surface area is 519 Å². The van der Waals surface area contributed by atoms with Gasteiger partial charge in [0.2, 0.25) is 5.91 Å². The first-order valence-corrected chi connectivity index (χ1v) is 37.8. The van der Waals surface area contributed by atoms with E-state index in [4.69, 9.17) is 4.74 Å². The van der Waals surface area contributed by atoms with Gasteiger partial charge in [-0.3, -0.25) is 9.59 Å². The Hall–Kier alpha value is -1.92. The van der Waals surface area contributed by atoms with E-state index in [0.717, 1.165) is 51.4 Å². The molecule has 3 N–H and O–H groups in total. The van der Waals surface area contributed by atoms with Crippen molar-refractivity contribution in [3.05, 3.63) is 36.5 Å². The van der Waals surface area contributed by atoms with Crippen LogP contribution in [0.5, 0.6) is 0 Å². The van der Waals surface area contributed by atoms with Crippen LogP contribution in [0.4, 0.5) is 0 Å². The van der Waals surface area contributed by atoms with Gasteiger partial charge in [0.15, 0.2) is 0 Å². The zero-order valence-electron chi connectivity index (χ0n) is 56.2. The van der Waals surface area contributed by atoms with Gasteiger partial charge in [0.25, 0.3) is 0 Å². The number of aliphatic hydroxyl groups is 2. The van der Waals surface area contributed by atoms with Crippen molar-refractivity contribution in [2.45, 2.75) is 431 Å². The number of ether oxygens (including phenoxy) is 1. The van der Waals surface area contributed by atoms with Crippen LogP contribution in [0.25, 0.3) is 0 Å². The number of unbranched alkanes of at least 4 members (excludes halogenated alkanes) is 56. The average Bonchev–Trinajstić information content (AvgIpc) is 3.49. The van der Waals surface area contributed by atoms with Crippen LogP contribution in [0.1, 0.15) is 418 Å². The first-order chi connectivity index (χ1) is 41.0. The lowest BCUT2D eigenvalue weighted by Gasteiger charge is -2.20. The Bertz CT molecular complexity index is 1340. The van der Waals surface area contributed by atoms with E-state index in [9.17, 15) is 19.8 Å². The van der Waals surface area contributed by atoms with Crippen molar-refractivity contribution in [1.82, 2.24) is 5.32 Å². The summed E-state index contributed by atoms with van der Waals surface area (Å²) in [5.74, 6) is -0.0461. The van der Waals surface area contributed by atoms with Crippen LogP contribution < -0.4 is 5.32 Å². The predicted octanol–water partition coefficient (Wildman–Crippen LogP) is 24.7. The molecule has 0 aliphatic rings. The number of hydrogen-bond acceptors (Lipinski definition) is 5. The number of rotatable bonds is 71. The molecule has 0 aliphatic heterocycles. The zero-order chi connectivity index (χ0) is 59.9. The molecule has 0 heterocycles. The summed E-state index contributed by atoms with van der Waals surface area (Å²) in [4.78, 5) is 24.6. The lowest BCUT2D eigenvalue weighted by atomic mass is 10.0. The normalized spacial score (nSPS) is 12.7. The third kappa shape index (κ3) is 69.1. The number of hydrogen-bond donors (Lipinski definition) is 3. The number of amides is 1. The molecule has 0 aromatic carbocycles. The number of allylic oxidation sites excluding steroid dienone is 5. The number of esters is 1. The molecule has 83 heavy (non-hydrogen) atoms. The second-order valence-corrected chi connectivity index (χ2v) is 26.0. The van der Waals surface area contributed by atoms with Crippen LogP contribution in [0.3, 0.4) is 0 Å². The second-order valence-electron chi connectivity index (χ2n) is 26.0. The van der Waals surface area contributed by atoms with Gasteiger partial charge < -0.3 is 20.3 Å². The molecule has 0 radical (unpaired) electrons. The van der Waals surface area contributed by atoms with Gasteiger partial charge in [0.05, 0.1) is 25.4 Å². The van der Waals surface area contributed by atoms with E-state index in [1.807, 2.05) is 6.08 Å². The van der Waals surface area contributed by atoms with Crippen LogP contribution in [-0.4, -0.2) is 47.4 Å². The van der Waals surface area contributed by atoms with Crippen LogP contribution >= 0.6 is 0 Å². The number of carbonyl (C=O) groups is 2. The van der Waals surface area contributed by atoms with E-state index >= 15 is 0 Å². The second kappa shape index (κ2) is 72.6. The highest BCUT2D eigenvalue weighted by Gasteiger charge is 2.18. The summed E-state index contributed by atoms with van der Waals surface area (Å²) in [6.45, 7) is 4.91. The summed E-state index contributed by atoms with van der Waals surface area (Å²) < 4.78 is 5.50. The number of nitrogens with one attached hydrogen (secondary N) is 1. The smallest absolute Gasteiger partial charge is 0.305 e. The SMILES string of the molecule is CCCCC/C=C\C/C=C\CCCCCCCCCC(=O)OCCCCCCCCCCCCCCCCCCCCCCCCCCCCCCCCCCCC(=O)NC(CO)C(O)/C=C/CCCCCCCCCCCCCCCC. The molecule has 0 spiro atoms. The molecule has 2 unspecified atom stereocenters. The van der Waals surface area contributed by atoms with Crippen LogP contribution in [0.2, 0.25) is 0 Å². The molecule has 0 bridgehead atoms. The molecule has 0 saturated heterocycles. The number of carbonyl (C=O) groups excluding carboxylic acids is 2. The minimum atomic E-state index is -0.841. The summed E-state index contributed by atoms with van der Waals surface area (Å²) >= 11 is 0. The molecule has 0 aromatic rings. The van der Waals surface area contributed by atoms with E-state index in [-0.39, 0.29) is 18.5 Å². The molecule has 0 saturated carbocycles. The van der Waals surface area contributed by atoms with E-state index in [1.54, 1.807) is 6.08 Å². The summed E-state index contributed by atoms with van der Waals surface area (Å²) in [5, 5.41) is 23.2. The monoisotopic (exact) mass is 1170 g/mol. The highest BCUT2D eigenvalue weighted by molar-refractivity contribution is 5.76. The third-order valence-corrected chi connectivity index (χ3v) is 17.7. The predicted molar refractivity (Wildman–Crippen MR) is 366 cm³/mol. The number of aliphatic hydroxyl groups excluding tert-OH is 2. The van der Waals surface area contributed by atoms with Gasteiger partial charge in [0.1, 0.15) is 0 Å². The quantitative estimate of drug-likeness (QED) is 0.0320. The van der Waals surface area contributed by atoms with E-state index in [2.05, 4.69) is 43.5 Å². The maximum absolute atomic E-state index is 12.5. The Morgan fingerprint density at radius 1 is 0.337 bits per heavy atom. The van der Waals surface area contributed by atoms with Gasteiger partial charge in [-0.1, -0.05) is 378 Å². The average molecular weight is 1170 g/mol. The van der Waals surface area contributed by atoms with Crippen LogP contribution in [0, 0.1) is 0 Å². The van der Waals surface area contributed by atoms with Gasteiger partial charge in [-0.15, -0.1) is 0 Å². The van der Waals surface area contributed by atoms with Gasteiger partial charge in [0, 0.05) is 12.8 Å². The fourth-order valence-electron chi connectivity index (χ4n) is 11.9. The Morgan fingerprint density at radius 3 is 0.940 bits per heavy atom. The molecule has 6 heteroatoms. The minimum absolute atomic E-state index is 0.0142. The fourth-order valence-corrected chi connectivity index (χ4v) is 11.9. The molecular formula is C77H147NO5. The molecule has 1 amide bonds. The lowest BCUT2D eigenvalue weighted by Crippen LogP contribution is -2.45. The summed E-state index contributed by atoms with van der Waals surface area (Å²) in [7, 11) is 0. The summed E-state index contributed by atoms with van der Waals surface area (Å²) in [6.07, 6.45) is 93.9. The van der Waals surface area contributed by atoms with E-state index < -0.39 is 12.1 Å². The molecule has 0 aliphatic carbocycles.